The van der Waals surface area contributed by atoms with E-state index in [4.69, 9.17) is 10.2 Å². The predicted octanol–water partition coefficient (Wildman–Crippen LogP) is -0.240. The zero-order chi connectivity index (χ0) is 9.23. The molecule has 2 nitrogen and oxygen atoms in total. The molecule has 0 saturated carbocycles. The number of hydrogen-bond donors (Lipinski definition) is 2. The lowest BCUT2D eigenvalue weighted by Gasteiger charge is -1.97. The zero-order valence-electron chi connectivity index (χ0n) is 6.89. The maximum Gasteiger partial charge on any atom is 0.0880 e. The third kappa shape index (κ3) is 6.72. The molecule has 0 heterocycles. The van der Waals surface area contributed by atoms with Crippen LogP contribution < -0.4 is 0 Å². The Bertz CT molecular complexity index is 285. The monoisotopic (exact) mass is 162 g/mol. The van der Waals surface area contributed by atoms with Gasteiger partial charge < -0.3 is 10.2 Å². The summed E-state index contributed by atoms with van der Waals surface area (Å²) in [5, 5.41) is 17.2. The van der Waals surface area contributed by atoms with Crippen LogP contribution in [-0.4, -0.2) is 22.9 Å². The lowest BCUT2D eigenvalue weighted by molar-refractivity contribution is 0.0992. The fraction of sp³-hybridized carbons (Fsp3) is 0.400. The summed E-state index contributed by atoms with van der Waals surface area (Å²) < 4.78 is 0. The van der Waals surface area contributed by atoms with Crippen LogP contribution in [0.2, 0.25) is 0 Å². The van der Waals surface area contributed by atoms with Gasteiger partial charge in [-0.2, -0.15) is 0 Å². The fourth-order valence-electron chi connectivity index (χ4n) is 0.403. The summed E-state index contributed by atoms with van der Waals surface area (Å²) in [5.74, 6) is 15.2. The molecule has 0 amide bonds. The first-order valence-electron chi connectivity index (χ1n) is 3.49. The SMILES string of the molecule is CC#CC#CC#CCC(O)CO. The van der Waals surface area contributed by atoms with Crippen LogP contribution in [0.3, 0.4) is 0 Å². The maximum absolute atomic E-state index is 8.83. The van der Waals surface area contributed by atoms with Crippen molar-refractivity contribution in [2.45, 2.75) is 19.4 Å². The van der Waals surface area contributed by atoms with Crippen molar-refractivity contribution in [2.24, 2.45) is 0 Å². The quantitative estimate of drug-likeness (QED) is 0.550. The zero-order valence-corrected chi connectivity index (χ0v) is 6.89. The van der Waals surface area contributed by atoms with Crippen LogP contribution in [0, 0.1) is 35.5 Å². The van der Waals surface area contributed by atoms with E-state index < -0.39 is 6.10 Å². The third-order valence-electron chi connectivity index (χ3n) is 0.949. The Morgan fingerprint density at radius 2 is 1.83 bits per heavy atom. The Morgan fingerprint density at radius 3 is 2.42 bits per heavy atom. The normalized spacial score (nSPS) is 9.25. The highest BCUT2D eigenvalue weighted by Gasteiger charge is 1.95. The van der Waals surface area contributed by atoms with Gasteiger partial charge in [0.1, 0.15) is 0 Å². The molecular formula is C10H10O2. The van der Waals surface area contributed by atoms with Gasteiger partial charge in [0.05, 0.1) is 12.7 Å². The van der Waals surface area contributed by atoms with Gasteiger partial charge in [-0.15, -0.1) is 0 Å². The van der Waals surface area contributed by atoms with Crippen molar-refractivity contribution in [3.05, 3.63) is 0 Å². The largest absolute Gasteiger partial charge is 0.394 e. The van der Waals surface area contributed by atoms with Crippen molar-refractivity contribution >= 4 is 0 Å². The second-order valence-corrected chi connectivity index (χ2v) is 1.97. The van der Waals surface area contributed by atoms with E-state index in [1.807, 2.05) is 0 Å². The Balaban J connectivity index is 3.74. The Morgan fingerprint density at radius 1 is 1.17 bits per heavy atom. The molecule has 0 aliphatic carbocycles. The maximum atomic E-state index is 8.83. The molecule has 0 rings (SSSR count). The van der Waals surface area contributed by atoms with Crippen molar-refractivity contribution < 1.29 is 10.2 Å². The van der Waals surface area contributed by atoms with E-state index in [1.165, 1.54) is 0 Å². The van der Waals surface area contributed by atoms with E-state index >= 15 is 0 Å². The third-order valence-corrected chi connectivity index (χ3v) is 0.949. The van der Waals surface area contributed by atoms with Gasteiger partial charge in [-0.1, -0.05) is 11.8 Å². The summed E-state index contributed by atoms with van der Waals surface area (Å²) >= 11 is 0. The van der Waals surface area contributed by atoms with Gasteiger partial charge in [-0.05, 0) is 30.6 Å². The summed E-state index contributed by atoms with van der Waals surface area (Å²) in [5.41, 5.74) is 0. The van der Waals surface area contributed by atoms with E-state index in [-0.39, 0.29) is 13.0 Å². The molecule has 0 aromatic rings. The van der Waals surface area contributed by atoms with Crippen LogP contribution in [0.1, 0.15) is 13.3 Å². The predicted molar refractivity (Wildman–Crippen MR) is 46.7 cm³/mol. The molecule has 0 radical (unpaired) electrons. The molecule has 0 bridgehead atoms. The van der Waals surface area contributed by atoms with Crippen LogP contribution in [0.25, 0.3) is 0 Å². The average molecular weight is 162 g/mol. The number of aliphatic hydroxyl groups excluding tert-OH is 2. The van der Waals surface area contributed by atoms with Crippen LogP contribution in [0.5, 0.6) is 0 Å². The van der Waals surface area contributed by atoms with Gasteiger partial charge in [-0.3, -0.25) is 0 Å². The molecule has 12 heavy (non-hydrogen) atoms. The molecule has 0 aromatic carbocycles. The molecule has 0 fully saturated rings. The highest BCUT2D eigenvalue weighted by Crippen LogP contribution is 1.85. The standard InChI is InChI=1S/C10H10O2/c1-2-3-4-5-6-7-8-10(12)9-11/h10-12H,8-9H2,1H3. The minimum absolute atomic E-state index is 0.241. The second-order valence-electron chi connectivity index (χ2n) is 1.97. The second kappa shape index (κ2) is 7.70. The number of hydrogen-bond acceptors (Lipinski definition) is 2. The summed E-state index contributed by atoms with van der Waals surface area (Å²) in [6, 6.07) is 0. The van der Waals surface area contributed by atoms with Crippen molar-refractivity contribution in [3.63, 3.8) is 0 Å². The van der Waals surface area contributed by atoms with Gasteiger partial charge in [0.25, 0.3) is 0 Å². The molecule has 0 saturated heterocycles. The highest BCUT2D eigenvalue weighted by atomic mass is 16.3. The fourth-order valence-corrected chi connectivity index (χ4v) is 0.403. The van der Waals surface area contributed by atoms with E-state index in [1.54, 1.807) is 6.92 Å². The van der Waals surface area contributed by atoms with Crippen molar-refractivity contribution in [2.75, 3.05) is 6.61 Å². The smallest absolute Gasteiger partial charge is 0.0880 e. The topological polar surface area (TPSA) is 40.5 Å². The molecular weight excluding hydrogens is 152 g/mol. The molecule has 1 unspecified atom stereocenters. The van der Waals surface area contributed by atoms with Gasteiger partial charge in [-0.25, -0.2) is 0 Å². The van der Waals surface area contributed by atoms with Gasteiger partial charge in [0, 0.05) is 6.42 Å². The van der Waals surface area contributed by atoms with Crippen molar-refractivity contribution in [1.29, 1.82) is 0 Å². The average Bonchev–Trinajstić information content (AvgIpc) is 2.10. The number of rotatable bonds is 2. The molecule has 0 spiro atoms. The van der Waals surface area contributed by atoms with Crippen molar-refractivity contribution in [3.8, 4) is 35.5 Å². The van der Waals surface area contributed by atoms with Crippen LogP contribution in [-0.2, 0) is 0 Å². The Labute approximate surface area is 72.6 Å². The van der Waals surface area contributed by atoms with E-state index in [0.29, 0.717) is 0 Å². The van der Waals surface area contributed by atoms with Crippen LogP contribution >= 0.6 is 0 Å². The molecule has 0 aromatic heterocycles. The molecule has 2 N–H and O–H groups in total. The first kappa shape index (κ1) is 10.6. The molecule has 0 aliphatic heterocycles. The number of aliphatic hydroxyl groups is 2. The molecule has 2 heteroatoms. The van der Waals surface area contributed by atoms with E-state index in [0.717, 1.165) is 0 Å². The van der Waals surface area contributed by atoms with Gasteiger partial charge >= 0.3 is 0 Å². The first-order chi connectivity index (χ1) is 5.81. The Kier molecular flexibility index (Phi) is 6.81. The van der Waals surface area contributed by atoms with Crippen molar-refractivity contribution in [1.82, 2.24) is 0 Å². The van der Waals surface area contributed by atoms with Crippen LogP contribution in [0.4, 0.5) is 0 Å². The Hall–Kier alpha value is -1.40. The highest BCUT2D eigenvalue weighted by molar-refractivity contribution is 5.35. The summed E-state index contributed by atoms with van der Waals surface area (Å²) in [7, 11) is 0. The first-order valence-corrected chi connectivity index (χ1v) is 3.49. The minimum atomic E-state index is -0.767. The van der Waals surface area contributed by atoms with Crippen LogP contribution in [0.15, 0.2) is 0 Å². The summed E-state index contributed by atoms with van der Waals surface area (Å²) in [6.07, 6.45) is -0.526. The molecule has 62 valence electrons. The van der Waals surface area contributed by atoms with E-state index in [9.17, 15) is 0 Å². The lowest BCUT2D eigenvalue weighted by atomic mass is 10.3. The van der Waals surface area contributed by atoms with Gasteiger partial charge in [0.15, 0.2) is 0 Å². The van der Waals surface area contributed by atoms with Gasteiger partial charge in [0.2, 0.25) is 0 Å². The van der Waals surface area contributed by atoms with E-state index in [2.05, 4.69) is 35.5 Å². The molecule has 1 atom stereocenters. The summed E-state index contributed by atoms with van der Waals surface area (Å²) in [4.78, 5) is 0. The summed E-state index contributed by atoms with van der Waals surface area (Å²) in [6.45, 7) is 1.43. The lowest BCUT2D eigenvalue weighted by Crippen LogP contribution is -2.09. The minimum Gasteiger partial charge on any atom is -0.394 e. The molecule has 0 aliphatic rings.